The molecule has 1 fully saturated rings. The summed E-state index contributed by atoms with van der Waals surface area (Å²) in [7, 11) is 0. The Kier molecular flexibility index (Phi) is 5.41. The average Bonchev–Trinajstić information content (AvgIpc) is 3.03. The summed E-state index contributed by atoms with van der Waals surface area (Å²) in [5.41, 5.74) is 1.02. The van der Waals surface area contributed by atoms with Crippen molar-refractivity contribution in [2.45, 2.75) is 45.3 Å². The minimum absolute atomic E-state index is 0.326. The van der Waals surface area contributed by atoms with E-state index >= 15 is 0 Å². The lowest BCUT2D eigenvalue weighted by atomic mass is 9.87. The Morgan fingerprint density at radius 3 is 2.70 bits per heavy atom. The van der Waals surface area contributed by atoms with E-state index in [1.807, 2.05) is 30.3 Å². The molecule has 3 rings (SSSR count). The number of hydrogen-bond donors (Lipinski definition) is 1. The molecule has 0 saturated carbocycles. The molecule has 0 bridgehead atoms. The minimum atomic E-state index is -0.363. The first kappa shape index (κ1) is 16.1. The molecule has 0 amide bonds. The molecular formula is C18H25N3O2. The van der Waals surface area contributed by atoms with Crippen molar-refractivity contribution in [2.24, 2.45) is 5.92 Å². The maximum absolute atomic E-state index is 10.5. The summed E-state index contributed by atoms with van der Waals surface area (Å²) in [6.45, 7) is 4.74. The van der Waals surface area contributed by atoms with Crippen molar-refractivity contribution in [1.82, 2.24) is 15.0 Å². The van der Waals surface area contributed by atoms with Gasteiger partial charge in [-0.25, -0.2) is 0 Å². The molecular weight excluding hydrogens is 290 g/mol. The van der Waals surface area contributed by atoms with Crippen molar-refractivity contribution in [3.05, 3.63) is 47.6 Å². The highest BCUT2D eigenvalue weighted by Crippen LogP contribution is 2.30. The van der Waals surface area contributed by atoms with Crippen LogP contribution in [-0.2, 0) is 13.0 Å². The zero-order chi connectivity index (χ0) is 16.1. The number of benzene rings is 1. The van der Waals surface area contributed by atoms with E-state index in [2.05, 4.69) is 22.0 Å². The van der Waals surface area contributed by atoms with Gasteiger partial charge >= 0.3 is 0 Å². The molecule has 1 unspecified atom stereocenters. The quantitative estimate of drug-likeness (QED) is 0.888. The monoisotopic (exact) mass is 315 g/mol. The second-order valence-corrected chi connectivity index (χ2v) is 6.32. The van der Waals surface area contributed by atoms with Crippen molar-refractivity contribution >= 4 is 0 Å². The van der Waals surface area contributed by atoms with Gasteiger partial charge in [0, 0.05) is 6.42 Å². The first-order valence-corrected chi connectivity index (χ1v) is 8.53. The smallest absolute Gasteiger partial charge is 0.240 e. The number of aliphatic hydroxyl groups is 1. The third-order valence-electron chi connectivity index (χ3n) is 4.56. The predicted molar refractivity (Wildman–Crippen MR) is 87.7 cm³/mol. The maximum atomic E-state index is 10.5. The predicted octanol–water partition coefficient (Wildman–Crippen LogP) is 2.97. The summed E-state index contributed by atoms with van der Waals surface area (Å²) >= 11 is 0. The van der Waals surface area contributed by atoms with Crippen molar-refractivity contribution in [3.63, 3.8) is 0 Å². The van der Waals surface area contributed by atoms with Crippen LogP contribution in [0.25, 0.3) is 0 Å². The van der Waals surface area contributed by atoms with Gasteiger partial charge in [-0.15, -0.1) is 0 Å². The second kappa shape index (κ2) is 7.70. The van der Waals surface area contributed by atoms with Crippen LogP contribution in [0.3, 0.4) is 0 Å². The lowest BCUT2D eigenvalue weighted by Crippen LogP contribution is -2.35. The Morgan fingerprint density at radius 2 is 2.00 bits per heavy atom. The number of likely N-dealkylation sites (tertiary alicyclic amines) is 1. The van der Waals surface area contributed by atoms with Crippen LogP contribution in [0, 0.1) is 5.92 Å². The summed E-state index contributed by atoms with van der Waals surface area (Å²) in [5.74, 6) is 1.83. The number of piperidine rings is 1. The van der Waals surface area contributed by atoms with E-state index in [0.29, 0.717) is 18.4 Å². The van der Waals surface area contributed by atoms with Crippen LogP contribution in [0.4, 0.5) is 0 Å². The van der Waals surface area contributed by atoms with Gasteiger partial charge in [-0.05, 0) is 43.8 Å². The van der Waals surface area contributed by atoms with Gasteiger partial charge in [-0.3, -0.25) is 4.90 Å². The van der Waals surface area contributed by atoms with E-state index < -0.39 is 0 Å². The van der Waals surface area contributed by atoms with Gasteiger partial charge in [0.1, 0.15) is 0 Å². The van der Waals surface area contributed by atoms with Gasteiger partial charge in [0.25, 0.3) is 0 Å². The molecule has 1 aliphatic rings. The molecule has 1 atom stereocenters. The van der Waals surface area contributed by atoms with Gasteiger partial charge in [-0.2, -0.15) is 4.98 Å². The largest absolute Gasteiger partial charge is 0.388 e. The third kappa shape index (κ3) is 4.18. The molecule has 124 valence electrons. The zero-order valence-electron chi connectivity index (χ0n) is 13.7. The Labute approximate surface area is 137 Å². The van der Waals surface area contributed by atoms with Crippen molar-refractivity contribution < 1.29 is 9.63 Å². The number of nitrogens with zero attached hydrogens (tertiary/aromatic N) is 3. The van der Waals surface area contributed by atoms with Gasteiger partial charge in [0.2, 0.25) is 5.89 Å². The number of rotatable bonds is 6. The lowest BCUT2D eigenvalue weighted by molar-refractivity contribution is 0.0538. The van der Waals surface area contributed by atoms with Crippen molar-refractivity contribution in [3.8, 4) is 0 Å². The fourth-order valence-electron chi connectivity index (χ4n) is 3.22. The first-order valence-electron chi connectivity index (χ1n) is 8.53. The van der Waals surface area contributed by atoms with Crippen LogP contribution in [-0.4, -0.2) is 33.2 Å². The van der Waals surface area contributed by atoms with Crippen LogP contribution in [0.15, 0.2) is 34.9 Å². The third-order valence-corrected chi connectivity index (χ3v) is 4.56. The van der Waals surface area contributed by atoms with E-state index in [4.69, 9.17) is 4.52 Å². The summed E-state index contributed by atoms with van der Waals surface area (Å²) < 4.78 is 5.31. The van der Waals surface area contributed by atoms with Crippen molar-refractivity contribution in [1.29, 1.82) is 0 Å². The fraction of sp³-hybridized carbons (Fsp3) is 0.556. The topological polar surface area (TPSA) is 62.4 Å². The van der Waals surface area contributed by atoms with Crippen LogP contribution in [0.1, 0.15) is 49.6 Å². The molecule has 5 heteroatoms. The van der Waals surface area contributed by atoms with Gasteiger partial charge in [0.15, 0.2) is 5.82 Å². The number of aryl methyl sites for hydroxylation is 1. The highest BCUT2D eigenvalue weighted by Gasteiger charge is 2.26. The van der Waals surface area contributed by atoms with Crippen LogP contribution in [0.2, 0.25) is 0 Å². The standard InChI is InChI=1S/C18H25N3O2/c1-2-6-16-19-17(23-20-16)13-21-11-9-15(10-12-21)18(22)14-7-4-3-5-8-14/h3-5,7-8,15,18,22H,2,6,9-13H2,1H3. The molecule has 1 N–H and O–H groups in total. The van der Waals surface area contributed by atoms with E-state index in [1.54, 1.807) is 0 Å². The highest BCUT2D eigenvalue weighted by atomic mass is 16.5. The van der Waals surface area contributed by atoms with E-state index in [1.165, 1.54) is 0 Å². The molecule has 23 heavy (non-hydrogen) atoms. The van der Waals surface area contributed by atoms with Crippen LogP contribution in [0.5, 0.6) is 0 Å². The van der Waals surface area contributed by atoms with Crippen LogP contribution >= 0.6 is 0 Å². The fourth-order valence-corrected chi connectivity index (χ4v) is 3.22. The maximum Gasteiger partial charge on any atom is 0.240 e. The number of hydrogen-bond acceptors (Lipinski definition) is 5. The molecule has 2 aromatic rings. The minimum Gasteiger partial charge on any atom is -0.388 e. The molecule has 5 nitrogen and oxygen atoms in total. The Balaban J connectivity index is 1.50. The SMILES string of the molecule is CCCc1noc(CN2CCC(C(O)c3ccccc3)CC2)n1. The highest BCUT2D eigenvalue weighted by molar-refractivity contribution is 5.18. The molecule has 1 aromatic carbocycles. The zero-order valence-corrected chi connectivity index (χ0v) is 13.7. The van der Waals surface area contributed by atoms with Crippen molar-refractivity contribution in [2.75, 3.05) is 13.1 Å². The summed E-state index contributed by atoms with van der Waals surface area (Å²) in [6.07, 6.45) is 3.52. The molecule has 0 radical (unpaired) electrons. The molecule has 1 aliphatic heterocycles. The summed E-state index contributed by atoms with van der Waals surface area (Å²) in [6, 6.07) is 9.96. The van der Waals surface area contributed by atoms with Gasteiger partial charge in [0.05, 0.1) is 12.6 Å². The van der Waals surface area contributed by atoms with E-state index in [0.717, 1.165) is 50.2 Å². The Bertz CT molecular complexity index is 591. The molecule has 0 aliphatic carbocycles. The van der Waals surface area contributed by atoms with Gasteiger partial charge in [-0.1, -0.05) is 42.4 Å². The average molecular weight is 315 g/mol. The Morgan fingerprint density at radius 1 is 1.26 bits per heavy atom. The molecule has 1 saturated heterocycles. The second-order valence-electron chi connectivity index (χ2n) is 6.32. The van der Waals surface area contributed by atoms with E-state index in [9.17, 15) is 5.11 Å². The number of aromatic nitrogens is 2. The Hall–Kier alpha value is -1.72. The van der Waals surface area contributed by atoms with E-state index in [-0.39, 0.29) is 6.10 Å². The van der Waals surface area contributed by atoms with Gasteiger partial charge < -0.3 is 9.63 Å². The molecule has 0 spiro atoms. The number of aliphatic hydroxyl groups excluding tert-OH is 1. The first-order chi connectivity index (χ1) is 11.3. The molecule has 1 aromatic heterocycles. The lowest BCUT2D eigenvalue weighted by Gasteiger charge is -2.33. The summed E-state index contributed by atoms with van der Waals surface area (Å²) in [4.78, 5) is 6.76. The normalized spacial score (nSPS) is 18.2. The van der Waals surface area contributed by atoms with Crippen LogP contribution < -0.4 is 0 Å². The molecule has 2 heterocycles. The summed E-state index contributed by atoms with van der Waals surface area (Å²) in [5, 5.41) is 14.5.